The van der Waals surface area contributed by atoms with Crippen molar-refractivity contribution in [3.63, 3.8) is 0 Å². The lowest BCUT2D eigenvalue weighted by Gasteiger charge is -2.46. The van der Waals surface area contributed by atoms with E-state index < -0.39 is 12.3 Å². The van der Waals surface area contributed by atoms with Gasteiger partial charge in [-0.2, -0.15) is 0 Å². The van der Waals surface area contributed by atoms with Crippen molar-refractivity contribution in [2.75, 3.05) is 26.4 Å². The van der Waals surface area contributed by atoms with E-state index >= 15 is 0 Å². The van der Waals surface area contributed by atoms with Crippen LogP contribution >= 0.6 is 0 Å². The van der Waals surface area contributed by atoms with E-state index in [0.717, 1.165) is 0 Å². The highest BCUT2D eigenvalue weighted by Gasteiger charge is 2.48. The molecule has 0 spiro atoms. The maximum atomic E-state index is 11.7. The average molecular weight is 347 g/mol. The molecule has 3 unspecified atom stereocenters. The molecule has 0 aromatic rings. The van der Waals surface area contributed by atoms with Gasteiger partial charge in [-0.3, -0.25) is 4.79 Å². The molecule has 0 saturated carbocycles. The fourth-order valence-corrected chi connectivity index (χ4v) is 2.83. The zero-order valence-corrected chi connectivity index (χ0v) is 15.7. The minimum atomic E-state index is -0.618. The third-order valence-electron chi connectivity index (χ3n) is 3.63. The minimum absolute atomic E-state index is 0.0510. The molecule has 0 radical (unpaired) electrons. The largest absolute Gasteiger partial charge is 0.379 e. The van der Waals surface area contributed by atoms with Crippen molar-refractivity contribution in [2.24, 2.45) is 0 Å². The summed E-state index contributed by atoms with van der Waals surface area (Å²) in [6.45, 7) is 13.1. The van der Waals surface area contributed by atoms with Gasteiger partial charge >= 0.3 is 0 Å². The van der Waals surface area contributed by atoms with Gasteiger partial charge in [0, 0.05) is 26.7 Å². The van der Waals surface area contributed by atoms with Crippen molar-refractivity contribution in [1.82, 2.24) is 5.32 Å². The van der Waals surface area contributed by atoms with Crippen LogP contribution in [0.5, 0.6) is 0 Å². The fourth-order valence-electron chi connectivity index (χ4n) is 2.83. The lowest BCUT2D eigenvalue weighted by atomic mass is 9.96. The van der Waals surface area contributed by atoms with E-state index in [0.29, 0.717) is 26.4 Å². The summed E-state index contributed by atoms with van der Waals surface area (Å²) in [4.78, 5) is 11.7. The molecule has 1 aliphatic heterocycles. The van der Waals surface area contributed by atoms with Gasteiger partial charge in [0.05, 0.1) is 12.7 Å². The lowest BCUT2D eigenvalue weighted by Crippen LogP contribution is -2.66. The van der Waals surface area contributed by atoms with Gasteiger partial charge in [0.2, 0.25) is 5.91 Å². The molecule has 1 amide bonds. The van der Waals surface area contributed by atoms with Gasteiger partial charge in [-0.15, -0.1) is 0 Å². The molecular formula is C17H33NO6. The van der Waals surface area contributed by atoms with E-state index in [1.54, 1.807) is 0 Å². The Labute approximate surface area is 145 Å². The molecule has 5 atom stereocenters. The normalized spacial score (nSPS) is 30.5. The van der Waals surface area contributed by atoms with Crippen LogP contribution in [0.15, 0.2) is 0 Å². The van der Waals surface area contributed by atoms with Gasteiger partial charge in [0.25, 0.3) is 0 Å². The Bertz CT molecular complexity index is 365. The first kappa shape index (κ1) is 21.3. The number of carbonyl (C=O) groups excluding carboxylic acids is 1. The summed E-state index contributed by atoms with van der Waals surface area (Å²) in [7, 11) is 0. The Kier molecular flexibility index (Phi) is 9.76. The monoisotopic (exact) mass is 347 g/mol. The first-order chi connectivity index (χ1) is 11.4. The molecule has 142 valence electrons. The Balaban J connectivity index is 3.07. The predicted octanol–water partition coefficient (Wildman–Crippen LogP) is 1.49. The molecule has 1 fully saturated rings. The van der Waals surface area contributed by atoms with Crippen molar-refractivity contribution in [1.29, 1.82) is 0 Å². The van der Waals surface area contributed by atoms with Crippen molar-refractivity contribution >= 4 is 5.91 Å². The SMILES string of the molecule is CCOCC1O[C@H](OC(C)C)C(NC(C)=O)C(OCC)[C@@H]1OCC. The zero-order valence-electron chi connectivity index (χ0n) is 15.7. The summed E-state index contributed by atoms with van der Waals surface area (Å²) < 4.78 is 29.3. The summed E-state index contributed by atoms with van der Waals surface area (Å²) in [5.74, 6) is -0.163. The second kappa shape index (κ2) is 11.0. The zero-order chi connectivity index (χ0) is 18.1. The highest BCUT2D eigenvalue weighted by molar-refractivity contribution is 5.73. The molecule has 0 aliphatic carbocycles. The van der Waals surface area contributed by atoms with Crippen LogP contribution in [-0.2, 0) is 28.5 Å². The van der Waals surface area contributed by atoms with Gasteiger partial charge in [-0.05, 0) is 34.6 Å². The summed E-state index contributed by atoms with van der Waals surface area (Å²) in [5.41, 5.74) is 0. The standard InChI is InChI=1S/C17H33NO6/c1-7-20-10-13-15(21-8-2)16(22-9-3)14(18-12(6)19)17(24-13)23-11(4)5/h11,13-17H,7-10H2,1-6H3,(H,18,19)/t13?,14?,15-,16?,17+/m1/s1. The van der Waals surface area contributed by atoms with Crippen LogP contribution in [0.1, 0.15) is 41.5 Å². The second-order valence-corrected chi connectivity index (χ2v) is 5.95. The van der Waals surface area contributed by atoms with Crippen molar-refractivity contribution in [3.8, 4) is 0 Å². The highest BCUT2D eigenvalue weighted by atomic mass is 16.7. The third-order valence-corrected chi connectivity index (χ3v) is 3.63. The molecule has 1 aliphatic rings. The number of rotatable bonds is 10. The Morgan fingerprint density at radius 3 is 2.21 bits per heavy atom. The smallest absolute Gasteiger partial charge is 0.217 e. The average Bonchev–Trinajstić information content (AvgIpc) is 2.50. The predicted molar refractivity (Wildman–Crippen MR) is 89.8 cm³/mol. The lowest BCUT2D eigenvalue weighted by molar-refractivity contribution is -0.292. The molecule has 0 aromatic heterocycles. The van der Waals surface area contributed by atoms with Crippen molar-refractivity contribution < 1.29 is 28.5 Å². The Hall–Kier alpha value is -0.730. The molecule has 7 heteroatoms. The summed E-state index contributed by atoms with van der Waals surface area (Å²) in [6, 6.07) is -0.445. The number of carbonyl (C=O) groups is 1. The molecule has 1 heterocycles. The third kappa shape index (κ3) is 6.29. The van der Waals surface area contributed by atoms with Crippen molar-refractivity contribution in [2.45, 2.75) is 78.3 Å². The van der Waals surface area contributed by atoms with E-state index in [-0.39, 0.29) is 30.3 Å². The Morgan fingerprint density at radius 1 is 1.08 bits per heavy atom. The maximum Gasteiger partial charge on any atom is 0.217 e. The van der Waals surface area contributed by atoms with Crippen LogP contribution in [0, 0.1) is 0 Å². The molecular weight excluding hydrogens is 314 g/mol. The molecule has 0 bridgehead atoms. The van der Waals surface area contributed by atoms with Crippen LogP contribution < -0.4 is 5.32 Å². The van der Waals surface area contributed by atoms with Crippen LogP contribution in [-0.4, -0.2) is 69.1 Å². The number of nitrogens with one attached hydrogen (secondary N) is 1. The Morgan fingerprint density at radius 2 is 1.71 bits per heavy atom. The second-order valence-electron chi connectivity index (χ2n) is 5.95. The van der Waals surface area contributed by atoms with E-state index in [2.05, 4.69) is 5.32 Å². The topological polar surface area (TPSA) is 75.2 Å². The highest BCUT2D eigenvalue weighted by Crippen LogP contribution is 2.28. The van der Waals surface area contributed by atoms with Crippen LogP contribution in [0.25, 0.3) is 0 Å². The van der Waals surface area contributed by atoms with E-state index in [1.165, 1.54) is 6.92 Å². The van der Waals surface area contributed by atoms with Crippen molar-refractivity contribution in [3.05, 3.63) is 0 Å². The van der Waals surface area contributed by atoms with Gasteiger partial charge in [-0.25, -0.2) is 0 Å². The first-order valence-electron chi connectivity index (χ1n) is 8.83. The molecule has 7 nitrogen and oxygen atoms in total. The van der Waals surface area contributed by atoms with Gasteiger partial charge in [0.1, 0.15) is 24.4 Å². The van der Waals surface area contributed by atoms with Crippen LogP contribution in [0.3, 0.4) is 0 Å². The number of ether oxygens (including phenoxy) is 5. The molecule has 1 N–H and O–H groups in total. The van der Waals surface area contributed by atoms with Gasteiger partial charge in [0.15, 0.2) is 6.29 Å². The van der Waals surface area contributed by atoms with E-state index in [4.69, 9.17) is 23.7 Å². The number of amides is 1. The van der Waals surface area contributed by atoms with Crippen LogP contribution in [0.2, 0.25) is 0 Å². The minimum Gasteiger partial charge on any atom is -0.379 e. The molecule has 1 rings (SSSR count). The fraction of sp³-hybridized carbons (Fsp3) is 0.941. The van der Waals surface area contributed by atoms with Gasteiger partial charge in [-0.1, -0.05) is 0 Å². The molecule has 0 aromatic carbocycles. The van der Waals surface area contributed by atoms with E-state index in [1.807, 2.05) is 34.6 Å². The van der Waals surface area contributed by atoms with Crippen LogP contribution in [0.4, 0.5) is 0 Å². The van der Waals surface area contributed by atoms with E-state index in [9.17, 15) is 4.79 Å². The van der Waals surface area contributed by atoms with Gasteiger partial charge < -0.3 is 29.0 Å². The maximum absolute atomic E-state index is 11.7. The summed E-state index contributed by atoms with van der Waals surface area (Å²) in [5, 5.41) is 2.90. The number of hydrogen-bond donors (Lipinski definition) is 1. The number of hydrogen-bond acceptors (Lipinski definition) is 6. The molecule has 1 saturated heterocycles. The first-order valence-corrected chi connectivity index (χ1v) is 8.83. The molecule has 24 heavy (non-hydrogen) atoms. The summed E-state index contributed by atoms with van der Waals surface area (Å²) >= 11 is 0. The quantitative estimate of drug-likeness (QED) is 0.645. The summed E-state index contributed by atoms with van der Waals surface area (Å²) in [6.07, 6.45) is -1.71.